The molecule has 0 saturated heterocycles. The standard InChI is InChI=1S/C21H24N4O3S/c1-27-20-11-22-12-21(25-20)28-15-8-6-14(7-9-15)24-19(26)13-29-18-10-23-17-5-3-2-4-16(17)18/h2-5,10-12,14-15,23H,6-9,13H2,1H3,(H,24,26). The highest BCUT2D eigenvalue weighted by Crippen LogP contribution is 2.28. The van der Waals surface area contributed by atoms with Crippen molar-refractivity contribution in [2.45, 2.75) is 42.7 Å². The maximum atomic E-state index is 12.4. The van der Waals surface area contributed by atoms with Crippen LogP contribution in [0.1, 0.15) is 25.7 Å². The van der Waals surface area contributed by atoms with Gasteiger partial charge >= 0.3 is 0 Å². The number of carbonyl (C=O) groups excluding carboxylic acids is 1. The number of fused-ring (bicyclic) bond motifs is 1. The molecule has 2 aromatic heterocycles. The molecular weight excluding hydrogens is 388 g/mol. The Morgan fingerprint density at radius 3 is 2.83 bits per heavy atom. The Morgan fingerprint density at radius 2 is 2.00 bits per heavy atom. The molecule has 152 valence electrons. The molecule has 1 aliphatic rings. The second-order valence-electron chi connectivity index (χ2n) is 7.05. The van der Waals surface area contributed by atoms with Gasteiger partial charge in [-0.2, -0.15) is 4.98 Å². The van der Waals surface area contributed by atoms with Crippen LogP contribution in [0.15, 0.2) is 47.8 Å². The summed E-state index contributed by atoms with van der Waals surface area (Å²) in [6.45, 7) is 0. The number of hydrogen-bond acceptors (Lipinski definition) is 6. The second kappa shape index (κ2) is 9.17. The van der Waals surface area contributed by atoms with Crippen LogP contribution in [0.4, 0.5) is 0 Å². The van der Waals surface area contributed by atoms with Crippen LogP contribution in [0, 0.1) is 0 Å². The van der Waals surface area contributed by atoms with E-state index in [1.807, 2.05) is 24.4 Å². The first-order valence-electron chi connectivity index (χ1n) is 9.72. The first-order chi connectivity index (χ1) is 14.2. The molecule has 0 bridgehead atoms. The Kier molecular flexibility index (Phi) is 6.19. The molecule has 1 fully saturated rings. The highest BCUT2D eigenvalue weighted by molar-refractivity contribution is 8.00. The lowest BCUT2D eigenvalue weighted by atomic mass is 9.93. The molecule has 0 radical (unpaired) electrons. The molecule has 7 nitrogen and oxygen atoms in total. The van der Waals surface area contributed by atoms with E-state index in [9.17, 15) is 4.79 Å². The van der Waals surface area contributed by atoms with Crippen molar-refractivity contribution in [3.05, 3.63) is 42.9 Å². The lowest BCUT2D eigenvalue weighted by Crippen LogP contribution is -2.40. The molecular formula is C21H24N4O3S. The molecule has 0 spiro atoms. The average molecular weight is 413 g/mol. The van der Waals surface area contributed by atoms with Crippen molar-refractivity contribution in [3.63, 3.8) is 0 Å². The monoisotopic (exact) mass is 412 g/mol. The number of nitrogens with one attached hydrogen (secondary N) is 2. The van der Waals surface area contributed by atoms with E-state index in [-0.39, 0.29) is 18.1 Å². The topological polar surface area (TPSA) is 89.1 Å². The van der Waals surface area contributed by atoms with Gasteiger partial charge < -0.3 is 19.8 Å². The molecule has 0 aliphatic heterocycles. The molecule has 29 heavy (non-hydrogen) atoms. The van der Waals surface area contributed by atoms with Gasteiger partial charge in [0.05, 0.1) is 25.3 Å². The van der Waals surface area contributed by atoms with Crippen molar-refractivity contribution in [2.75, 3.05) is 12.9 Å². The zero-order chi connectivity index (χ0) is 20.1. The van der Waals surface area contributed by atoms with Gasteiger partial charge in [0.25, 0.3) is 0 Å². The molecule has 4 rings (SSSR count). The Bertz CT molecular complexity index is 969. The number of para-hydroxylation sites is 1. The lowest BCUT2D eigenvalue weighted by molar-refractivity contribution is -0.119. The smallest absolute Gasteiger partial charge is 0.235 e. The van der Waals surface area contributed by atoms with Crippen molar-refractivity contribution in [1.82, 2.24) is 20.3 Å². The Hall–Kier alpha value is -2.74. The molecule has 2 N–H and O–H groups in total. The van der Waals surface area contributed by atoms with Crippen molar-refractivity contribution >= 4 is 28.6 Å². The third-order valence-electron chi connectivity index (χ3n) is 5.04. The number of methoxy groups -OCH3 is 1. The number of ether oxygens (including phenoxy) is 2. The minimum atomic E-state index is 0.0725. The molecule has 3 aromatic rings. The first-order valence-corrected chi connectivity index (χ1v) is 10.7. The SMILES string of the molecule is COc1cncc(OC2CCC(NC(=O)CSc3c[nH]c4ccccc34)CC2)n1. The normalized spacial score (nSPS) is 19.1. The van der Waals surface area contributed by atoms with Crippen molar-refractivity contribution in [1.29, 1.82) is 0 Å². The first kappa shape index (κ1) is 19.6. The molecule has 1 aliphatic carbocycles. The summed E-state index contributed by atoms with van der Waals surface area (Å²) in [5.41, 5.74) is 1.09. The van der Waals surface area contributed by atoms with E-state index < -0.39 is 0 Å². The minimum absolute atomic E-state index is 0.0725. The van der Waals surface area contributed by atoms with E-state index in [0.29, 0.717) is 17.5 Å². The third-order valence-corrected chi connectivity index (χ3v) is 6.09. The summed E-state index contributed by atoms with van der Waals surface area (Å²) in [5.74, 6) is 1.41. The highest BCUT2D eigenvalue weighted by Gasteiger charge is 2.24. The van der Waals surface area contributed by atoms with Crippen LogP contribution in [-0.2, 0) is 4.79 Å². The van der Waals surface area contributed by atoms with Crippen LogP contribution in [0.25, 0.3) is 10.9 Å². The summed E-state index contributed by atoms with van der Waals surface area (Å²) >= 11 is 1.56. The van der Waals surface area contributed by atoms with E-state index in [1.165, 1.54) is 0 Å². The van der Waals surface area contributed by atoms with Gasteiger partial charge in [-0.15, -0.1) is 11.8 Å². The average Bonchev–Trinajstić information content (AvgIpc) is 3.17. The van der Waals surface area contributed by atoms with E-state index >= 15 is 0 Å². The fourth-order valence-corrected chi connectivity index (χ4v) is 4.40. The van der Waals surface area contributed by atoms with Gasteiger partial charge in [0.2, 0.25) is 17.7 Å². The highest BCUT2D eigenvalue weighted by atomic mass is 32.2. The number of aromatic nitrogens is 3. The Morgan fingerprint density at radius 1 is 1.21 bits per heavy atom. The fraction of sp³-hybridized carbons (Fsp3) is 0.381. The number of rotatable bonds is 7. The van der Waals surface area contributed by atoms with Crippen LogP contribution < -0.4 is 14.8 Å². The Labute approximate surface area is 173 Å². The molecule has 1 aromatic carbocycles. The second-order valence-corrected chi connectivity index (χ2v) is 8.06. The van der Waals surface area contributed by atoms with Gasteiger partial charge in [-0.05, 0) is 31.7 Å². The summed E-state index contributed by atoms with van der Waals surface area (Å²) in [7, 11) is 1.55. The number of H-pyrrole nitrogens is 1. The number of nitrogens with zero attached hydrogens (tertiary/aromatic N) is 2. The van der Waals surface area contributed by atoms with Crippen molar-refractivity contribution in [3.8, 4) is 11.8 Å². The molecule has 8 heteroatoms. The number of amides is 1. The maximum Gasteiger partial charge on any atom is 0.235 e. The number of hydrogen-bond donors (Lipinski definition) is 2. The van der Waals surface area contributed by atoms with E-state index in [1.54, 1.807) is 31.3 Å². The number of thioether (sulfide) groups is 1. The number of benzene rings is 1. The summed E-state index contributed by atoms with van der Waals surface area (Å²) in [6, 6.07) is 8.32. The summed E-state index contributed by atoms with van der Waals surface area (Å²) in [4.78, 5) is 25.0. The zero-order valence-electron chi connectivity index (χ0n) is 16.3. The van der Waals surface area contributed by atoms with Crippen molar-refractivity contribution in [2.24, 2.45) is 0 Å². The summed E-state index contributed by atoms with van der Waals surface area (Å²) < 4.78 is 11.0. The van der Waals surface area contributed by atoms with E-state index in [0.717, 1.165) is 41.5 Å². The van der Waals surface area contributed by atoms with Gasteiger partial charge in [0.1, 0.15) is 6.10 Å². The third kappa shape index (κ3) is 5.00. The van der Waals surface area contributed by atoms with Crippen LogP contribution >= 0.6 is 11.8 Å². The Balaban J connectivity index is 1.21. The van der Waals surface area contributed by atoms with E-state index in [2.05, 4.69) is 26.3 Å². The number of aromatic amines is 1. The van der Waals surface area contributed by atoms with Crippen LogP contribution in [-0.4, -0.2) is 45.9 Å². The van der Waals surface area contributed by atoms with Gasteiger partial charge in [-0.3, -0.25) is 9.78 Å². The van der Waals surface area contributed by atoms with Gasteiger partial charge in [0, 0.05) is 28.0 Å². The summed E-state index contributed by atoms with van der Waals surface area (Å²) in [6.07, 6.45) is 8.74. The molecule has 1 saturated carbocycles. The summed E-state index contributed by atoms with van der Waals surface area (Å²) in [5, 5.41) is 4.31. The molecule has 2 heterocycles. The largest absolute Gasteiger partial charge is 0.480 e. The maximum absolute atomic E-state index is 12.4. The lowest BCUT2D eigenvalue weighted by Gasteiger charge is -2.29. The number of carbonyl (C=O) groups is 1. The fourth-order valence-electron chi connectivity index (χ4n) is 3.56. The van der Waals surface area contributed by atoms with Crippen molar-refractivity contribution < 1.29 is 14.3 Å². The van der Waals surface area contributed by atoms with Crippen LogP contribution in [0.5, 0.6) is 11.8 Å². The predicted octanol–water partition coefficient (Wildman–Crippen LogP) is 3.57. The van der Waals surface area contributed by atoms with Crippen LogP contribution in [0.3, 0.4) is 0 Å². The quantitative estimate of drug-likeness (QED) is 0.577. The van der Waals surface area contributed by atoms with Crippen LogP contribution in [0.2, 0.25) is 0 Å². The predicted molar refractivity (Wildman–Crippen MR) is 112 cm³/mol. The van der Waals surface area contributed by atoms with Gasteiger partial charge in [-0.1, -0.05) is 18.2 Å². The molecule has 0 unspecified atom stereocenters. The van der Waals surface area contributed by atoms with E-state index in [4.69, 9.17) is 9.47 Å². The molecule has 0 atom stereocenters. The van der Waals surface area contributed by atoms with Gasteiger partial charge in [-0.25, -0.2) is 0 Å². The van der Waals surface area contributed by atoms with Gasteiger partial charge in [0.15, 0.2) is 0 Å². The minimum Gasteiger partial charge on any atom is -0.480 e. The zero-order valence-corrected chi connectivity index (χ0v) is 17.1. The molecule has 1 amide bonds.